The molecule has 0 bridgehead atoms. The van der Waals surface area contributed by atoms with Crippen molar-refractivity contribution in [1.29, 1.82) is 0 Å². The highest BCUT2D eigenvalue weighted by molar-refractivity contribution is 6.30. The standard InChI is InChI=1S/C17H17ClN2O/c1-21-16-5-6-17-13(11-16)7-9-20(17)10-8-19-15-4-2-3-14(18)12-15/h2-7,9,11-12,19H,8,10H2,1H3. The minimum absolute atomic E-state index is 0.749. The molecular formula is C17H17ClN2O. The van der Waals surface area contributed by atoms with Crippen molar-refractivity contribution < 1.29 is 4.74 Å². The Bertz CT molecular complexity index is 751. The molecule has 0 spiro atoms. The Morgan fingerprint density at radius 1 is 1.14 bits per heavy atom. The Balaban J connectivity index is 1.68. The fraction of sp³-hybridized carbons (Fsp3) is 0.176. The first-order valence-electron chi connectivity index (χ1n) is 6.88. The number of halogens is 1. The maximum atomic E-state index is 5.97. The molecule has 2 aromatic carbocycles. The van der Waals surface area contributed by atoms with Crippen LogP contribution in [-0.2, 0) is 6.54 Å². The van der Waals surface area contributed by atoms with E-state index in [1.165, 1.54) is 10.9 Å². The maximum Gasteiger partial charge on any atom is 0.119 e. The van der Waals surface area contributed by atoms with Gasteiger partial charge >= 0.3 is 0 Å². The molecule has 3 rings (SSSR count). The molecule has 0 aliphatic carbocycles. The number of nitrogens with one attached hydrogen (secondary N) is 1. The highest BCUT2D eigenvalue weighted by atomic mass is 35.5. The smallest absolute Gasteiger partial charge is 0.119 e. The summed E-state index contributed by atoms with van der Waals surface area (Å²) in [5.41, 5.74) is 2.25. The molecule has 0 saturated heterocycles. The highest BCUT2D eigenvalue weighted by Gasteiger charge is 2.02. The molecule has 1 aromatic heterocycles. The summed E-state index contributed by atoms with van der Waals surface area (Å²) < 4.78 is 7.48. The van der Waals surface area contributed by atoms with Gasteiger partial charge in [-0.15, -0.1) is 0 Å². The number of anilines is 1. The van der Waals surface area contributed by atoms with E-state index in [0.717, 1.165) is 29.5 Å². The first-order valence-corrected chi connectivity index (χ1v) is 7.26. The summed E-state index contributed by atoms with van der Waals surface area (Å²) in [7, 11) is 1.69. The van der Waals surface area contributed by atoms with Crippen LogP contribution in [0.25, 0.3) is 10.9 Å². The average Bonchev–Trinajstić information content (AvgIpc) is 2.90. The lowest BCUT2D eigenvalue weighted by molar-refractivity contribution is 0.415. The van der Waals surface area contributed by atoms with Gasteiger partial charge in [0, 0.05) is 40.9 Å². The van der Waals surface area contributed by atoms with E-state index in [2.05, 4.69) is 34.3 Å². The van der Waals surface area contributed by atoms with Crippen LogP contribution >= 0.6 is 11.6 Å². The van der Waals surface area contributed by atoms with E-state index in [4.69, 9.17) is 16.3 Å². The minimum atomic E-state index is 0.749. The normalized spacial score (nSPS) is 10.8. The van der Waals surface area contributed by atoms with Gasteiger partial charge < -0.3 is 14.6 Å². The van der Waals surface area contributed by atoms with E-state index in [1.54, 1.807) is 7.11 Å². The van der Waals surface area contributed by atoms with Crippen LogP contribution < -0.4 is 10.1 Å². The molecule has 0 radical (unpaired) electrons. The van der Waals surface area contributed by atoms with Crippen LogP contribution in [0.1, 0.15) is 0 Å². The molecule has 0 saturated carbocycles. The summed E-state index contributed by atoms with van der Waals surface area (Å²) in [4.78, 5) is 0. The fourth-order valence-electron chi connectivity index (χ4n) is 2.42. The molecule has 0 amide bonds. The molecule has 3 nitrogen and oxygen atoms in total. The van der Waals surface area contributed by atoms with Gasteiger partial charge in [0.25, 0.3) is 0 Å². The topological polar surface area (TPSA) is 26.2 Å². The van der Waals surface area contributed by atoms with Crippen molar-refractivity contribution >= 4 is 28.2 Å². The van der Waals surface area contributed by atoms with Crippen LogP contribution in [0.15, 0.2) is 54.7 Å². The Hall–Kier alpha value is -2.13. The molecule has 21 heavy (non-hydrogen) atoms. The summed E-state index contributed by atoms with van der Waals surface area (Å²) in [6, 6.07) is 16.0. The van der Waals surface area contributed by atoms with Crippen LogP contribution in [0, 0.1) is 0 Å². The zero-order valence-corrected chi connectivity index (χ0v) is 12.6. The van der Waals surface area contributed by atoms with Crippen LogP contribution in [0.5, 0.6) is 5.75 Å². The second-order valence-electron chi connectivity index (χ2n) is 4.87. The fourth-order valence-corrected chi connectivity index (χ4v) is 2.61. The van der Waals surface area contributed by atoms with Crippen molar-refractivity contribution in [2.75, 3.05) is 19.0 Å². The monoisotopic (exact) mass is 300 g/mol. The second-order valence-corrected chi connectivity index (χ2v) is 5.31. The lowest BCUT2D eigenvalue weighted by atomic mass is 10.2. The number of ether oxygens (including phenoxy) is 1. The third-order valence-electron chi connectivity index (χ3n) is 3.48. The van der Waals surface area contributed by atoms with Gasteiger partial charge in [0.15, 0.2) is 0 Å². The molecule has 3 aromatic rings. The maximum absolute atomic E-state index is 5.97. The predicted molar refractivity (Wildman–Crippen MR) is 88.4 cm³/mol. The Labute approximate surface area is 129 Å². The molecule has 1 N–H and O–H groups in total. The van der Waals surface area contributed by atoms with Gasteiger partial charge in [0.05, 0.1) is 7.11 Å². The van der Waals surface area contributed by atoms with Gasteiger partial charge in [-0.25, -0.2) is 0 Å². The van der Waals surface area contributed by atoms with Crippen LogP contribution in [-0.4, -0.2) is 18.2 Å². The third kappa shape index (κ3) is 3.14. The van der Waals surface area contributed by atoms with Gasteiger partial charge in [-0.3, -0.25) is 0 Å². The number of hydrogen-bond acceptors (Lipinski definition) is 2. The zero-order chi connectivity index (χ0) is 14.7. The quantitative estimate of drug-likeness (QED) is 0.755. The third-order valence-corrected chi connectivity index (χ3v) is 3.72. The van der Waals surface area contributed by atoms with Gasteiger partial charge in [-0.1, -0.05) is 17.7 Å². The van der Waals surface area contributed by atoms with Crippen molar-refractivity contribution in [2.45, 2.75) is 6.54 Å². The number of fused-ring (bicyclic) bond motifs is 1. The van der Waals surface area contributed by atoms with E-state index < -0.39 is 0 Å². The van der Waals surface area contributed by atoms with Gasteiger partial charge in [-0.05, 0) is 42.5 Å². The molecular weight excluding hydrogens is 284 g/mol. The minimum Gasteiger partial charge on any atom is -0.497 e. The predicted octanol–water partition coefficient (Wildman–Crippen LogP) is 4.42. The van der Waals surface area contributed by atoms with Crippen LogP contribution in [0.2, 0.25) is 5.02 Å². The van der Waals surface area contributed by atoms with Crippen molar-refractivity contribution in [3.8, 4) is 5.75 Å². The first-order chi connectivity index (χ1) is 10.3. The molecule has 0 aliphatic heterocycles. The zero-order valence-electron chi connectivity index (χ0n) is 11.8. The highest BCUT2D eigenvalue weighted by Crippen LogP contribution is 2.22. The molecule has 108 valence electrons. The van der Waals surface area contributed by atoms with Crippen LogP contribution in [0.3, 0.4) is 0 Å². The lowest BCUT2D eigenvalue weighted by Gasteiger charge is -2.09. The summed E-state index contributed by atoms with van der Waals surface area (Å²) in [5, 5.41) is 5.32. The SMILES string of the molecule is COc1ccc2c(ccn2CCNc2cccc(Cl)c2)c1. The number of rotatable bonds is 5. The first kappa shape index (κ1) is 13.8. The number of methoxy groups -OCH3 is 1. The van der Waals surface area contributed by atoms with E-state index >= 15 is 0 Å². The van der Waals surface area contributed by atoms with Crippen molar-refractivity contribution in [1.82, 2.24) is 4.57 Å². The number of aromatic nitrogens is 1. The van der Waals surface area contributed by atoms with Gasteiger partial charge in [-0.2, -0.15) is 0 Å². The molecule has 4 heteroatoms. The summed E-state index contributed by atoms with van der Waals surface area (Å²) >= 11 is 5.97. The van der Waals surface area contributed by atoms with Crippen molar-refractivity contribution in [3.63, 3.8) is 0 Å². The Kier molecular flexibility index (Phi) is 4.02. The van der Waals surface area contributed by atoms with E-state index in [9.17, 15) is 0 Å². The number of benzene rings is 2. The largest absolute Gasteiger partial charge is 0.497 e. The van der Waals surface area contributed by atoms with E-state index in [-0.39, 0.29) is 0 Å². The van der Waals surface area contributed by atoms with Gasteiger partial charge in [0.1, 0.15) is 5.75 Å². The van der Waals surface area contributed by atoms with Crippen molar-refractivity contribution in [3.05, 3.63) is 59.8 Å². The lowest BCUT2D eigenvalue weighted by Crippen LogP contribution is -2.09. The second kappa shape index (κ2) is 6.10. The molecule has 1 heterocycles. The Morgan fingerprint density at radius 2 is 2.05 bits per heavy atom. The molecule has 0 atom stereocenters. The molecule has 0 unspecified atom stereocenters. The number of hydrogen-bond donors (Lipinski definition) is 1. The van der Waals surface area contributed by atoms with Crippen LogP contribution in [0.4, 0.5) is 5.69 Å². The number of nitrogens with zero attached hydrogens (tertiary/aromatic N) is 1. The van der Waals surface area contributed by atoms with Gasteiger partial charge in [0.2, 0.25) is 0 Å². The van der Waals surface area contributed by atoms with E-state index in [0.29, 0.717) is 0 Å². The summed E-state index contributed by atoms with van der Waals surface area (Å²) in [5.74, 6) is 0.886. The summed E-state index contributed by atoms with van der Waals surface area (Å²) in [6.45, 7) is 1.73. The average molecular weight is 301 g/mol. The Morgan fingerprint density at radius 3 is 2.86 bits per heavy atom. The van der Waals surface area contributed by atoms with E-state index in [1.807, 2.05) is 30.3 Å². The molecule has 0 fully saturated rings. The van der Waals surface area contributed by atoms with Crippen molar-refractivity contribution in [2.24, 2.45) is 0 Å². The molecule has 0 aliphatic rings. The summed E-state index contributed by atoms with van der Waals surface area (Å²) in [6.07, 6.45) is 2.10.